The monoisotopic (exact) mass is 518 g/mol. The van der Waals surface area contributed by atoms with Gasteiger partial charge in [-0.15, -0.1) is 0 Å². The van der Waals surface area contributed by atoms with Crippen LogP contribution in [0.25, 0.3) is 6.08 Å². The molecule has 0 unspecified atom stereocenters. The van der Waals surface area contributed by atoms with E-state index in [1.807, 2.05) is 48.6 Å². The van der Waals surface area contributed by atoms with Crippen LogP contribution in [-0.4, -0.2) is 52.7 Å². The molecule has 1 N–H and O–H groups in total. The van der Waals surface area contributed by atoms with Gasteiger partial charge in [-0.05, 0) is 57.7 Å². The lowest BCUT2D eigenvalue weighted by Crippen LogP contribution is -2.47. The van der Waals surface area contributed by atoms with Crippen molar-refractivity contribution in [3.63, 3.8) is 0 Å². The average Bonchev–Trinajstić information content (AvgIpc) is 3.38. The van der Waals surface area contributed by atoms with Crippen molar-refractivity contribution in [3.8, 4) is 0 Å². The van der Waals surface area contributed by atoms with Crippen molar-refractivity contribution < 1.29 is 23.9 Å². The third-order valence-corrected chi connectivity index (χ3v) is 6.36. The number of benzene rings is 2. The Morgan fingerprint density at radius 1 is 1.03 bits per heavy atom. The quantitative estimate of drug-likeness (QED) is 0.456. The van der Waals surface area contributed by atoms with Gasteiger partial charge in [-0.25, -0.2) is 4.79 Å². The minimum absolute atomic E-state index is 0.0463. The van der Waals surface area contributed by atoms with Crippen molar-refractivity contribution in [2.24, 2.45) is 5.92 Å². The van der Waals surface area contributed by atoms with E-state index in [-0.39, 0.29) is 30.4 Å². The van der Waals surface area contributed by atoms with Crippen LogP contribution in [0.15, 0.2) is 66.7 Å². The molecule has 3 rings (SSSR count). The van der Waals surface area contributed by atoms with Crippen LogP contribution in [0.2, 0.25) is 0 Å². The summed E-state index contributed by atoms with van der Waals surface area (Å²) in [6.45, 7) is 7.53. The fourth-order valence-electron chi connectivity index (χ4n) is 4.47. The molecule has 1 saturated heterocycles. The lowest BCUT2D eigenvalue weighted by Gasteiger charge is -2.29. The zero-order valence-corrected chi connectivity index (χ0v) is 22.7. The number of Topliss-reactive ketones (excluding diaryl/α,β-unsaturated/α-hetero) is 1. The Balaban J connectivity index is 1.69. The average molecular weight is 519 g/mol. The second-order valence-electron chi connectivity index (χ2n) is 10.7. The van der Waals surface area contributed by atoms with Crippen LogP contribution in [0, 0.1) is 5.92 Å². The summed E-state index contributed by atoms with van der Waals surface area (Å²) in [6.07, 6.45) is 5.25. The van der Waals surface area contributed by atoms with Crippen LogP contribution in [0.5, 0.6) is 0 Å². The highest BCUT2D eigenvalue weighted by Crippen LogP contribution is 2.24. The SMILES string of the molecule is C[C@@H](CC(=O)[C@@H](CC=Cc1ccccc1)NC(=O)c1ccccc1)C(=O)N1CCC[C@H]1C(=O)OC(C)(C)C. The van der Waals surface area contributed by atoms with Crippen molar-refractivity contribution in [3.05, 3.63) is 77.9 Å². The molecule has 0 aromatic heterocycles. The minimum Gasteiger partial charge on any atom is -0.458 e. The molecule has 0 saturated carbocycles. The van der Waals surface area contributed by atoms with Crippen molar-refractivity contribution >= 4 is 29.6 Å². The molecule has 1 fully saturated rings. The standard InChI is InChI=1S/C31H38N2O5/c1-22(29(36)33-20-12-19-26(33)30(37)38-31(2,3)4)21-27(34)25(18-11-15-23-13-7-5-8-14-23)32-28(35)24-16-9-6-10-17-24/h5-11,13-17,22,25-26H,12,18-21H2,1-4H3,(H,32,35)/t22-,25+,26-/m0/s1. The number of carbonyl (C=O) groups excluding carboxylic acids is 4. The van der Waals surface area contributed by atoms with Gasteiger partial charge in [-0.2, -0.15) is 0 Å². The number of esters is 1. The zero-order valence-electron chi connectivity index (χ0n) is 22.7. The van der Waals surface area contributed by atoms with Gasteiger partial charge in [0.25, 0.3) is 5.91 Å². The number of amides is 2. The van der Waals surface area contributed by atoms with Crippen LogP contribution >= 0.6 is 0 Å². The van der Waals surface area contributed by atoms with E-state index in [9.17, 15) is 19.2 Å². The molecule has 0 radical (unpaired) electrons. The van der Waals surface area contributed by atoms with Crippen LogP contribution in [-0.2, 0) is 19.1 Å². The van der Waals surface area contributed by atoms with Gasteiger partial charge >= 0.3 is 5.97 Å². The van der Waals surface area contributed by atoms with E-state index in [4.69, 9.17) is 4.74 Å². The molecule has 1 aliphatic rings. The molecule has 2 aromatic rings. The molecule has 1 aliphatic heterocycles. The fraction of sp³-hybridized carbons (Fsp3) is 0.419. The molecule has 0 bridgehead atoms. The van der Waals surface area contributed by atoms with Crippen molar-refractivity contribution in [1.82, 2.24) is 10.2 Å². The van der Waals surface area contributed by atoms with Gasteiger partial charge in [0.15, 0.2) is 5.78 Å². The normalized spacial score (nSPS) is 17.2. The maximum absolute atomic E-state index is 13.4. The van der Waals surface area contributed by atoms with E-state index >= 15 is 0 Å². The first kappa shape index (κ1) is 28.8. The van der Waals surface area contributed by atoms with E-state index in [1.54, 1.807) is 56.9 Å². The van der Waals surface area contributed by atoms with Crippen LogP contribution < -0.4 is 5.32 Å². The molecule has 202 valence electrons. The number of ether oxygens (including phenoxy) is 1. The van der Waals surface area contributed by atoms with Crippen LogP contribution in [0.4, 0.5) is 0 Å². The smallest absolute Gasteiger partial charge is 0.329 e. The highest BCUT2D eigenvalue weighted by Gasteiger charge is 2.39. The number of hydrogen-bond acceptors (Lipinski definition) is 5. The molecule has 2 aromatic carbocycles. The van der Waals surface area contributed by atoms with Gasteiger partial charge in [-0.1, -0.05) is 67.6 Å². The first-order valence-corrected chi connectivity index (χ1v) is 13.2. The Hall–Kier alpha value is -3.74. The summed E-state index contributed by atoms with van der Waals surface area (Å²) < 4.78 is 5.51. The van der Waals surface area contributed by atoms with Crippen molar-refractivity contribution in [2.75, 3.05) is 6.54 Å². The van der Waals surface area contributed by atoms with E-state index in [2.05, 4.69) is 5.32 Å². The lowest BCUT2D eigenvalue weighted by atomic mass is 9.96. The highest BCUT2D eigenvalue weighted by atomic mass is 16.6. The summed E-state index contributed by atoms with van der Waals surface area (Å²) >= 11 is 0. The highest BCUT2D eigenvalue weighted by molar-refractivity contribution is 5.99. The summed E-state index contributed by atoms with van der Waals surface area (Å²) in [5.74, 6) is -1.89. The van der Waals surface area contributed by atoms with Crippen LogP contribution in [0.3, 0.4) is 0 Å². The topological polar surface area (TPSA) is 92.8 Å². The first-order valence-electron chi connectivity index (χ1n) is 13.2. The van der Waals surface area contributed by atoms with Crippen LogP contribution in [0.1, 0.15) is 69.3 Å². The third kappa shape index (κ3) is 8.40. The maximum Gasteiger partial charge on any atom is 0.329 e. The number of likely N-dealkylation sites (tertiary alicyclic amines) is 1. The molecule has 0 aliphatic carbocycles. The summed E-state index contributed by atoms with van der Waals surface area (Å²) in [4.78, 5) is 53.7. The van der Waals surface area contributed by atoms with E-state index in [1.165, 1.54) is 0 Å². The summed E-state index contributed by atoms with van der Waals surface area (Å²) in [5.41, 5.74) is 0.797. The Morgan fingerprint density at radius 2 is 1.66 bits per heavy atom. The summed E-state index contributed by atoms with van der Waals surface area (Å²) in [5, 5.41) is 2.85. The van der Waals surface area contributed by atoms with E-state index < -0.39 is 29.6 Å². The molecule has 7 nitrogen and oxygen atoms in total. The Labute approximate surface area is 225 Å². The second-order valence-corrected chi connectivity index (χ2v) is 10.7. The molecule has 0 spiro atoms. The number of ketones is 1. The number of nitrogens with one attached hydrogen (secondary N) is 1. The Morgan fingerprint density at radius 3 is 2.29 bits per heavy atom. The molecular formula is C31H38N2O5. The van der Waals surface area contributed by atoms with Gasteiger partial charge in [0, 0.05) is 24.4 Å². The summed E-state index contributed by atoms with van der Waals surface area (Å²) in [6, 6.07) is 17.0. The molecular weight excluding hydrogens is 480 g/mol. The molecule has 2 amide bonds. The molecule has 3 atom stereocenters. The van der Waals surface area contributed by atoms with Crippen molar-refractivity contribution in [2.45, 2.75) is 71.1 Å². The molecule has 7 heteroatoms. The first-order chi connectivity index (χ1) is 18.0. The van der Waals surface area contributed by atoms with Gasteiger partial charge in [0.05, 0.1) is 6.04 Å². The number of rotatable bonds is 10. The van der Waals surface area contributed by atoms with E-state index in [0.29, 0.717) is 24.9 Å². The number of nitrogens with zero attached hydrogens (tertiary/aromatic N) is 1. The fourth-order valence-corrected chi connectivity index (χ4v) is 4.47. The maximum atomic E-state index is 13.4. The summed E-state index contributed by atoms with van der Waals surface area (Å²) in [7, 11) is 0. The second kappa shape index (κ2) is 13.2. The van der Waals surface area contributed by atoms with Gasteiger partial charge in [0.1, 0.15) is 11.6 Å². The minimum atomic E-state index is -0.793. The zero-order chi connectivity index (χ0) is 27.7. The predicted molar refractivity (Wildman–Crippen MR) is 147 cm³/mol. The number of carbonyl (C=O) groups is 4. The van der Waals surface area contributed by atoms with Gasteiger partial charge < -0.3 is 15.0 Å². The largest absolute Gasteiger partial charge is 0.458 e. The third-order valence-electron chi connectivity index (χ3n) is 6.36. The van der Waals surface area contributed by atoms with Gasteiger partial charge in [0.2, 0.25) is 5.91 Å². The van der Waals surface area contributed by atoms with Gasteiger partial charge in [-0.3, -0.25) is 14.4 Å². The lowest BCUT2D eigenvalue weighted by molar-refractivity contribution is -0.163. The Kier molecular flexibility index (Phi) is 9.99. The Bertz CT molecular complexity index is 1140. The van der Waals surface area contributed by atoms with E-state index in [0.717, 1.165) is 5.56 Å². The van der Waals surface area contributed by atoms with Crippen molar-refractivity contribution in [1.29, 1.82) is 0 Å². The molecule has 38 heavy (non-hydrogen) atoms. The predicted octanol–water partition coefficient (Wildman–Crippen LogP) is 4.82. The number of hydrogen-bond donors (Lipinski definition) is 1. The molecule has 1 heterocycles.